The van der Waals surface area contributed by atoms with Crippen molar-refractivity contribution < 1.29 is 22.8 Å². The van der Waals surface area contributed by atoms with Crippen molar-refractivity contribution in [2.24, 2.45) is 5.92 Å². The topological polar surface area (TPSA) is 58.2 Å². The molecule has 20 heavy (non-hydrogen) atoms. The minimum Gasteiger partial charge on any atom is -0.348 e. The van der Waals surface area contributed by atoms with Crippen LogP contribution in [0, 0.1) is 5.92 Å². The molecular formula is C13H15F3N2O2. The first-order valence-corrected chi connectivity index (χ1v) is 5.96. The zero-order valence-electron chi connectivity index (χ0n) is 11.0. The van der Waals surface area contributed by atoms with E-state index in [1.54, 1.807) is 0 Å². The number of hydrogen-bond donors (Lipinski definition) is 2. The fourth-order valence-electron chi connectivity index (χ4n) is 1.31. The fraction of sp³-hybridized carbons (Fsp3) is 0.385. The van der Waals surface area contributed by atoms with Gasteiger partial charge in [-0.3, -0.25) is 9.59 Å². The summed E-state index contributed by atoms with van der Waals surface area (Å²) in [5, 5.41) is 4.63. The number of hydrogen-bond acceptors (Lipinski definition) is 2. The van der Waals surface area contributed by atoms with E-state index in [0.29, 0.717) is 6.54 Å². The Bertz CT molecular complexity index is 481. The van der Waals surface area contributed by atoms with Crippen LogP contribution < -0.4 is 10.6 Å². The lowest BCUT2D eigenvalue weighted by Crippen LogP contribution is -2.37. The summed E-state index contributed by atoms with van der Waals surface area (Å²) in [6.45, 7) is 4.08. The van der Waals surface area contributed by atoms with Crippen LogP contribution in [-0.4, -0.2) is 18.4 Å². The van der Waals surface area contributed by atoms with Crippen LogP contribution in [0.1, 0.15) is 19.4 Å². The van der Waals surface area contributed by atoms with E-state index < -0.39 is 23.6 Å². The van der Waals surface area contributed by atoms with Crippen molar-refractivity contribution in [1.29, 1.82) is 0 Å². The molecule has 0 aliphatic rings. The third kappa shape index (κ3) is 4.91. The Morgan fingerprint density at radius 1 is 1.10 bits per heavy atom. The Hall–Kier alpha value is -2.05. The first-order chi connectivity index (χ1) is 9.20. The van der Waals surface area contributed by atoms with Gasteiger partial charge < -0.3 is 10.6 Å². The molecule has 0 unspecified atom stereocenters. The molecule has 7 heteroatoms. The van der Waals surface area contributed by atoms with Gasteiger partial charge in [0.25, 0.3) is 0 Å². The summed E-state index contributed by atoms with van der Waals surface area (Å²) in [7, 11) is 0. The van der Waals surface area contributed by atoms with Gasteiger partial charge in [0, 0.05) is 12.2 Å². The Morgan fingerprint density at radius 3 is 2.10 bits per heavy atom. The average Bonchev–Trinajstić information content (AvgIpc) is 2.35. The van der Waals surface area contributed by atoms with Crippen molar-refractivity contribution in [3.63, 3.8) is 0 Å². The number of anilines is 1. The monoisotopic (exact) mass is 288 g/mol. The first-order valence-electron chi connectivity index (χ1n) is 5.96. The van der Waals surface area contributed by atoms with Crippen LogP contribution in [-0.2, 0) is 15.8 Å². The molecule has 1 aromatic carbocycles. The van der Waals surface area contributed by atoms with Gasteiger partial charge in [0.15, 0.2) is 0 Å². The second-order valence-corrected chi connectivity index (χ2v) is 4.63. The van der Waals surface area contributed by atoms with E-state index in [4.69, 9.17) is 0 Å². The predicted molar refractivity (Wildman–Crippen MR) is 67.9 cm³/mol. The molecule has 1 rings (SSSR count). The van der Waals surface area contributed by atoms with Crippen molar-refractivity contribution >= 4 is 17.5 Å². The van der Waals surface area contributed by atoms with E-state index in [-0.39, 0.29) is 11.6 Å². The zero-order chi connectivity index (χ0) is 15.3. The second-order valence-electron chi connectivity index (χ2n) is 4.63. The molecule has 0 spiro atoms. The number of nitrogens with one attached hydrogen (secondary N) is 2. The highest BCUT2D eigenvalue weighted by molar-refractivity contribution is 6.39. The molecule has 2 N–H and O–H groups in total. The van der Waals surface area contributed by atoms with Gasteiger partial charge in [0.05, 0.1) is 5.56 Å². The SMILES string of the molecule is CC(C)CNC(=O)C(=O)Nc1ccc(C(F)(F)F)cc1. The number of benzene rings is 1. The number of rotatable bonds is 3. The molecule has 1 aromatic rings. The molecular weight excluding hydrogens is 273 g/mol. The molecule has 0 atom stereocenters. The summed E-state index contributed by atoms with van der Waals surface area (Å²) in [6, 6.07) is 3.86. The molecule has 0 aliphatic heterocycles. The molecule has 0 radical (unpaired) electrons. The maximum Gasteiger partial charge on any atom is 0.416 e. The largest absolute Gasteiger partial charge is 0.416 e. The van der Waals surface area contributed by atoms with Crippen molar-refractivity contribution in [1.82, 2.24) is 5.32 Å². The lowest BCUT2D eigenvalue weighted by atomic mass is 10.2. The van der Waals surface area contributed by atoms with Crippen LogP contribution in [0.3, 0.4) is 0 Å². The quantitative estimate of drug-likeness (QED) is 0.839. The summed E-state index contributed by atoms with van der Waals surface area (Å²) < 4.78 is 37.0. The van der Waals surface area contributed by atoms with E-state index in [1.807, 2.05) is 13.8 Å². The summed E-state index contributed by atoms with van der Waals surface area (Å²) >= 11 is 0. The molecule has 0 bridgehead atoms. The maximum atomic E-state index is 12.3. The summed E-state index contributed by atoms with van der Waals surface area (Å²) in [6.07, 6.45) is -4.43. The van der Waals surface area contributed by atoms with E-state index in [1.165, 1.54) is 0 Å². The van der Waals surface area contributed by atoms with Gasteiger partial charge in [-0.15, -0.1) is 0 Å². The van der Waals surface area contributed by atoms with Gasteiger partial charge in [0.2, 0.25) is 0 Å². The number of amides is 2. The molecule has 0 aromatic heterocycles. The number of halogens is 3. The highest BCUT2D eigenvalue weighted by atomic mass is 19.4. The second kappa shape index (κ2) is 6.40. The van der Waals surface area contributed by atoms with E-state index in [2.05, 4.69) is 10.6 Å². The van der Waals surface area contributed by atoms with Crippen LogP contribution in [0.4, 0.5) is 18.9 Å². The Balaban J connectivity index is 2.60. The van der Waals surface area contributed by atoms with Gasteiger partial charge in [-0.25, -0.2) is 0 Å². The molecule has 0 saturated carbocycles. The normalized spacial score (nSPS) is 11.3. The van der Waals surface area contributed by atoms with Crippen LogP contribution >= 0.6 is 0 Å². The summed E-state index contributed by atoms with van der Waals surface area (Å²) in [5.74, 6) is -1.54. The minimum absolute atomic E-state index is 0.127. The molecule has 4 nitrogen and oxygen atoms in total. The maximum absolute atomic E-state index is 12.3. The first kappa shape index (κ1) is 16.0. The molecule has 0 aliphatic carbocycles. The van der Waals surface area contributed by atoms with E-state index in [0.717, 1.165) is 24.3 Å². The van der Waals surface area contributed by atoms with E-state index in [9.17, 15) is 22.8 Å². The fourth-order valence-corrected chi connectivity index (χ4v) is 1.31. The molecule has 0 fully saturated rings. The van der Waals surface area contributed by atoms with Crippen molar-refractivity contribution in [2.45, 2.75) is 20.0 Å². The standard InChI is InChI=1S/C13H15F3N2O2/c1-8(2)7-17-11(19)12(20)18-10-5-3-9(4-6-10)13(14,15)16/h3-6,8H,7H2,1-2H3,(H,17,19)(H,18,20). The lowest BCUT2D eigenvalue weighted by Gasteiger charge is -2.09. The van der Waals surface area contributed by atoms with Gasteiger partial charge in [0.1, 0.15) is 0 Å². The third-order valence-corrected chi connectivity index (χ3v) is 2.35. The number of alkyl halides is 3. The average molecular weight is 288 g/mol. The Kier molecular flexibility index (Phi) is 5.12. The molecule has 0 saturated heterocycles. The molecule has 0 heterocycles. The predicted octanol–water partition coefficient (Wildman–Crippen LogP) is 2.42. The van der Waals surface area contributed by atoms with Gasteiger partial charge >= 0.3 is 18.0 Å². The molecule has 2 amide bonds. The lowest BCUT2D eigenvalue weighted by molar-refractivity contribution is -0.137. The highest BCUT2D eigenvalue weighted by Gasteiger charge is 2.30. The third-order valence-electron chi connectivity index (χ3n) is 2.35. The Morgan fingerprint density at radius 2 is 1.65 bits per heavy atom. The number of carbonyl (C=O) groups is 2. The summed E-state index contributed by atoms with van der Waals surface area (Å²) in [5.41, 5.74) is -0.692. The van der Waals surface area contributed by atoms with Gasteiger partial charge in [-0.2, -0.15) is 13.2 Å². The smallest absolute Gasteiger partial charge is 0.348 e. The van der Waals surface area contributed by atoms with Crippen LogP contribution in [0.15, 0.2) is 24.3 Å². The van der Waals surface area contributed by atoms with Crippen LogP contribution in [0.2, 0.25) is 0 Å². The van der Waals surface area contributed by atoms with Gasteiger partial charge in [-0.1, -0.05) is 13.8 Å². The highest BCUT2D eigenvalue weighted by Crippen LogP contribution is 2.29. The van der Waals surface area contributed by atoms with Crippen LogP contribution in [0.25, 0.3) is 0 Å². The zero-order valence-corrected chi connectivity index (χ0v) is 11.0. The van der Waals surface area contributed by atoms with Gasteiger partial charge in [-0.05, 0) is 30.2 Å². The minimum atomic E-state index is -4.43. The Labute approximate surface area is 114 Å². The summed E-state index contributed by atoms with van der Waals surface area (Å²) in [4.78, 5) is 22.8. The van der Waals surface area contributed by atoms with Crippen LogP contribution in [0.5, 0.6) is 0 Å². The van der Waals surface area contributed by atoms with Crippen molar-refractivity contribution in [3.8, 4) is 0 Å². The van der Waals surface area contributed by atoms with E-state index >= 15 is 0 Å². The van der Waals surface area contributed by atoms with Crippen molar-refractivity contribution in [2.75, 3.05) is 11.9 Å². The number of carbonyl (C=O) groups excluding carboxylic acids is 2. The van der Waals surface area contributed by atoms with Crippen molar-refractivity contribution in [3.05, 3.63) is 29.8 Å². The molecule has 110 valence electrons.